The highest BCUT2D eigenvalue weighted by Crippen LogP contribution is 2.76. The lowest BCUT2D eigenvalue weighted by Gasteiger charge is -2.71. The van der Waals surface area contributed by atoms with Crippen LogP contribution in [-0.4, -0.2) is 191 Å². The third kappa shape index (κ3) is 8.79. The van der Waals surface area contributed by atoms with Crippen molar-refractivity contribution in [3.63, 3.8) is 0 Å². The van der Waals surface area contributed by atoms with Gasteiger partial charge in [0.1, 0.15) is 73.2 Å². The van der Waals surface area contributed by atoms with Gasteiger partial charge in [0.15, 0.2) is 18.9 Å². The highest BCUT2D eigenvalue weighted by atomic mass is 16.8. The van der Waals surface area contributed by atoms with Gasteiger partial charge in [-0.05, 0) is 124 Å². The fraction of sp³-hybridized carbons (Fsp3) is 0.958. The van der Waals surface area contributed by atoms with Crippen LogP contribution in [0.5, 0.6) is 0 Å². The monoisotopic (exact) mass is 947 g/mol. The molecule has 0 radical (unpaired) electrons. The molecule has 4 aliphatic carbocycles. The second kappa shape index (κ2) is 19.6. The first-order valence-corrected chi connectivity index (χ1v) is 24.4. The fourth-order valence-corrected chi connectivity index (χ4v) is 14.9. The summed E-state index contributed by atoms with van der Waals surface area (Å²) in [5, 5.41) is 129. The van der Waals surface area contributed by atoms with Gasteiger partial charge in [-0.1, -0.05) is 46.3 Å². The summed E-state index contributed by atoms with van der Waals surface area (Å²) in [6, 6.07) is 0. The molecule has 18 nitrogen and oxygen atoms in total. The third-order valence-electron chi connectivity index (χ3n) is 18.8. The topological polar surface area (TPSA) is 298 Å². The van der Waals surface area contributed by atoms with Crippen molar-refractivity contribution in [2.75, 3.05) is 19.8 Å². The van der Waals surface area contributed by atoms with E-state index in [-0.39, 0.29) is 39.9 Å². The summed E-state index contributed by atoms with van der Waals surface area (Å²) >= 11 is 0. The number of aliphatic hydroxyl groups is 12. The van der Waals surface area contributed by atoms with E-state index in [4.69, 9.17) is 28.4 Å². The number of hydrogen-bond donors (Lipinski definition) is 12. The zero-order valence-electron chi connectivity index (χ0n) is 40.0. The van der Waals surface area contributed by atoms with Crippen molar-refractivity contribution in [3.05, 3.63) is 11.6 Å². The lowest BCUT2D eigenvalue weighted by atomic mass is 9.35. The van der Waals surface area contributed by atoms with Gasteiger partial charge < -0.3 is 89.7 Å². The molecule has 0 unspecified atom stereocenters. The van der Waals surface area contributed by atoms with Crippen LogP contribution >= 0.6 is 0 Å². The van der Waals surface area contributed by atoms with Crippen LogP contribution in [0.1, 0.15) is 113 Å². The first kappa shape index (κ1) is 52.8. The molecule has 0 aromatic heterocycles. The number of allylic oxidation sites excluding steroid dienone is 2. The van der Waals surface area contributed by atoms with E-state index in [2.05, 4.69) is 40.7 Å². The second-order valence-corrected chi connectivity index (χ2v) is 22.9. The Kier molecular flexibility index (Phi) is 15.7. The van der Waals surface area contributed by atoms with Crippen molar-refractivity contribution in [1.82, 2.24) is 0 Å². The van der Waals surface area contributed by atoms with Crippen LogP contribution in [0.3, 0.4) is 0 Å². The molecule has 66 heavy (non-hydrogen) atoms. The van der Waals surface area contributed by atoms with Gasteiger partial charge in [-0.15, -0.1) is 0 Å². The highest BCUT2D eigenvalue weighted by molar-refractivity contribution is 5.20. The standard InChI is InChI=1S/C48H82O18/c1-22(2)10-9-14-48(8,66-42-39(60)36(57)33(54)26(20-50)62-42)23-11-16-47(7)31(23)24(52)18-29-45(5)15-13-30(44(3,4)28(45)12-17-46(29,47)6)64-43-40(37(58)34(55)27(21-51)63-43)65-41-38(59)35(56)32(53)25(19-49)61-41/h10,23-43,49-60H,9,11-21H2,1-8H3/t23-,24-,25+,26+,27+,28+,29-,30+,31+,32-,33-,34-,35-,36+,37-,38+,39-,40+,41-,42-,43+,45-,46-,47+,48+/m1/s1. The molecule has 0 amide bonds. The Labute approximate surface area is 388 Å². The smallest absolute Gasteiger partial charge is 0.187 e. The third-order valence-corrected chi connectivity index (χ3v) is 18.8. The lowest BCUT2D eigenvalue weighted by molar-refractivity contribution is -0.378. The van der Waals surface area contributed by atoms with Crippen molar-refractivity contribution in [2.24, 2.45) is 45.3 Å². The minimum atomic E-state index is -1.79. The first-order chi connectivity index (χ1) is 30.8. The quantitative estimate of drug-likeness (QED) is 0.0853. The predicted octanol–water partition coefficient (Wildman–Crippen LogP) is -0.0268. The van der Waals surface area contributed by atoms with E-state index < -0.39 is 135 Å². The number of ether oxygens (including phenoxy) is 6. The van der Waals surface area contributed by atoms with E-state index in [9.17, 15) is 61.3 Å². The number of rotatable bonds is 13. The summed E-state index contributed by atoms with van der Waals surface area (Å²) in [7, 11) is 0. The van der Waals surface area contributed by atoms with Crippen LogP contribution in [-0.2, 0) is 28.4 Å². The van der Waals surface area contributed by atoms with Gasteiger partial charge in [-0.2, -0.15) is 0 Å². The van der Waals surface area contributed by atoms with Crippen molar-refractivity contribution in [1.29, 1.82) is 0 Å². The van der Waals surface area contributed by atoms with Gasteiger partial charge in [0, 0.05) is 0 Å². The SMILES string of the molecule is CC(C)=CCC[C@](C)(O[C@H]1O[C@@H](CO)[C@@H](O)[C@H](O)[C@H]1O)[C@@H]1CC[C@@]2(C)[C@@H]1[C@H](O)C[C@@H]1[C@]3(C)CC[C@H](O[C@@H]4O[C@@H](CO)[C@@H](O)[C@@H](O)[C@@H]4O[C@H]4O[C@@H](CO)[C@@H](O)[C@@H](O)[C@@H]4O)C(C)(C)[C@@H]3CC[C@]12C. The van der Waals surface area contributed by atoms with E-state index in [0.29, 0.717) is 25.7 Å². The van der Waals surface area contributed by atoms with Crippen LogP contribution in [0.15, 0.2) is 11.6 Å². The van der Waals surface area contributed by atoms with Crippen LogP contribution in [0.4, 0.5) is 0 Å². The summed E-state index contributed by atoms with van der Waals surface area (Å²) < 4.78 is 37.2. The molecular weight excluding hydrogens is 865 g/mol. The molecule has 7 fully saturated rings. The van der Waals surface area contributed by atoms with Crippen LogP contribution in [0.25, 0.3) is 0 Å². The Bertz CT molecular complexity index is 1680. The lowest BCUT2D eigenvalue weighted by Crippen LogP contribution is -2.68. The van der Waals surface area contributed by atoms with Crippen LogP contribution < -0.4 is 0 Å². The molecule has 25 atom stereocenters. The molecule has 3 heterocycles. The van der Waals surface area contributed by atoms with Crippen molar-refractivity contribution in [3.8, 4) is 0 Å². The summed E-state index contributed by atoms with van der Waals surface area (Å²) in [4.78, 5) is 0. The summed E-state index contributed by atoms with van der Waals surface area (Å²) in [6.45, 7) is 15.5. The second-order valence-electron chi connectivity index (χ2n) is 22.9. The minimum Gasteiger partial charge on any atom is -0.394 e. The maximum absolute atomic E-state index is 12.7. The first-order valence-electron chi connectivity index (χ1n) is 24.4. The molecule has 12 N–H and O–H groups in total. The van der Waals surface area contributed by atoms with Crippen molar-refractivity contribution in [2.45, 2.75) is 223 Å². The maximum atomic E-state index is 12.7. The molecule has 3 saturated heterocycles. The molecule has 3 aliphatic heterocycles. The normalized spacial score (nSPS) is 52.4. The molecule has 0 aromatic carbocycles. The Morgan fingerprint density at radius 2 is 1.14 bits per heavy atom. The average Bonchev–Trinajstić information content (AvgIpc) is 3.65. The molecule has 0 bridgehead atoms. The Morgan fingerprint density at radius 1 is 0.606 bits per heavy atom. The fourth-order valence-electron chi connectivity index (χ4n) is 14.9. The maximum Gasteiger partial charge on any atom is 0.187 e. The molecule has 18 heteroatoms. The molecule has 0 spiro atoms. The van der Waals surface area contributed by atoms with Crippen LogP contribution in [0.2, 0.25) is 0 Å². The van der Waals surface area contributed by atoms with Gasteiger partial charge in [0.05, 0.1) is 37.6 Å². The van der Waals surface area contributed by atoms with Gasteiger partial charge in [0.25, 0.3) is 0 Å². The molecule has 4 saturated carbocycles. The number of fused-ring (bicyclic) bond motifs is 5. The molecule has 382 valence electrons. The molecule has 7 aliphatic rings. The highest BCUT2D eigenvalue weighted by Gasteiger charge is 2.72. The zero-order chi connectivity index (χ0) is 48.6. The number of hydrogen-bond acceptors (Lipinski definition) is 18. The van der Waals surface area contributed by atoms with Crippen LogP contribution in [0, 0.1) is 45.3 Å². The molecular formula is C48H82O18. The van der Waals surface area contributed by atoms with Gasteiger partial charge in [-0.3, -0.25) is 0 Å². The van der Waals surface area contributed by atoms with Crippen molar-refractivity contribution < 1.29 is 89.7 Å². The van der Waals surface area contributed by atoms with E-state index >= 15 is 0 Å². The Morgan fingerprint density at radius 3 is 1.71 bits per heavy atom. The Balaban J connectivity index is 1.13. The summed E-state index contributed by atoms with van der Waals surface area (Å²) in [5.74, 6) is -0.151. The van der Waals surface area contributed by atoms with E-state index in [1.807, 2.05) is 20.8 Å². The van der Waals surface area contributed by atoms with E-state index in [1.165, 1.54) is 0 Å². The molecule has 7 rings (SSSR count). The van der Waals surface area contributed by atoms with E-state index in [0.717, 1.165) is 37.7 Å². The van der Waals surface area contributed by atoms with Gasteiger partial charge >= 0.3 is 0 Å². The van der Waals surface area contributed by atoms with Gasteiger partial charge in [0.2, 0.25) is 0 Å². The number of aliphatic hydroxyl groups excluding tert-OH is 12. The van der Waals surface area contributed by atoms with Gasteiger partial charge in [-0.25, -0.2) is 0 Å². The minimum absolute atomic E-state index is 0.0905. The average molecular weight is 947 g/mol. The van der Waals surface area contributed by atoms with E-state index in [1.54, 1.807) is 0 Å². The zero-order valence-corrected chi connectivity index (χ0v) is 40.0. The predicted molar refractivity (Wildman–Crippen MR) is 234 cm³/mol. The summed E-state index contributed by atoms with van der Waals surface area (Å²) in [5.41, 5.74) is -1.12. The molecule has 0 aromatic rings. The largest absolute Gasteiger partial charge is 0.394 e. The Hall–Kier alpha value is -0.980. The summed E-state index contributed by atoms with van der Waals surface area (Å²) in [6.07, 6.45) is -15.4. The van der Waals surface area contributed by atoms with Crippen molar-refractivity contribution >= 4 is 0 Å².